The van der Waals surface area contributed by atoms with E-state index in [9.17, 15) is 0 Å². The first-order chi connectivity index (χ1) is 10.4. The lowest BCUT2D eigenvalue weighted by Gasteiger charge is -2.19. The quantitative estimate of drug-likeness (QED) is 0.738. The molecule has 4 nitrogen and oxygen atoms in total. The molecule has 0 fully saturated rings. The third-order valence-electron chi connectivity index (χ3n) is 3.90. The summed E-state index contributed by atoms with van der Waals surface area (Å²) in [7, 11) is 0. The van der Waals surface area contributed by atoms with Gasteiger partial charge in [-0.3, -0.25) is 0 Å². The van der Waals surface area contributed by atoms with Crippen LogP contribution in [0, 0.1) is 6.92 Å². The molecule has 0 atom stereocenters. The molecular weight excluding hydrogens is 272 g/mol. The lowest BCUT2D eigenvalue weighted by atomic mass is 9.87. The maximum Gasteiger partial charge on any atom is 0.105 e. The van der Waals surface area contributed by atoms with Crippen molar-refractivity contribution in [3.63, 3.8) is 0 Å². The molecule has 0 aliphatic carbocycles. The highest BCUT2D eigenvalue weighted by Gasteiger charge is 2.14. The van der Waals surface area contributed by atoms with E-state index in [0.717, 1.165) is 23.8 Å². The summed E-state index contributed by atoms with van der Waals surface area (Å²) in [4.78, 5) is 8.76. The molecule has 0 bridgehead atoms. The van der Waals surface area contributed by atoms with E-state index in [-0.39, 0.29) is 5.41 Å². The van der Waals surface area contributed by atoms with Crippen LogP contribution < -0.4 is 0 Å². The number of hydrogen-bond acceptors (Lipinski definition) is 2. The van der Waals surface area contributed by atoms with Crippen molar-refractivity contribution >= 4 is 0 Å². The standard InChI is InChI=1S/C18H22N4/c1-14-19-8-9-21(14)11-16-12-22(13-20-16)17-7-5-6-15(10-17)18(2,3)4/h5-10,12-13H,11H2,1-4H3. The average Bonchev–Trinajstić information content (AvgIpc) is 3.09. The molecule has 0 unspecified atom stereocenters. The van der Waals surface area contributed by atoms with Gasteiger partial charge in [0.1, 0.15) is 5.82 Å². The molecule has 2 heterocycles. The van der Waals surface area contributed by atoms with Gasteiger partial charge in [-0.15, -0.1) is 0 Å². The molecule has 2 aromatic heterocycles. The van der Waals surface area contributed by atoms with Crippen molar-refractivity contribution in [2.24, 2.45) is 0 Å². The molecule has 4 heteroatoms. The molecule has 3 rings (SSSR count). The van der Waals surface area contributed by atoms with Gasteiger partial charge >= 0.3 is 0 Å². The second-order valence-corrected chi connectivity index (χ2v) is 6.67. The smallest absolute Gasteiger partial charge is 0.105 e. The summed E-state index contributed by atoms with van der Waals surface area (Å²) < 4.78 is 4.18. The fourth-order valence-corrected chi connectivity index (χ4v) is 2.46. The molecule has 3 aromatic rings. The molecule has 0 saturated carbocycles. The van der Waals surface area contributed by atoms with E-state index in [2.05, 4.69) is 70.3 Å². The zero-order valence-electron chi connectivity index (χ0n) is 13.6. The summed E-state index contributed by atoms with van der Waals surface area (Å²) in [6.07, 6.45) is 7.76. The Morgan fingerprint density at radius 3 is 2.64 bits per heavy atom. The Balaban J connectivity index is 1.86. The molecule has 0 radical (unpaired) electrons. The first-order valence-corrected chi connectivity index (χ1v) is 7.55. The van der Waals surface area contributed by atoms with Crippen LogP contribution in [0.2, 0.25) is 0 Å². The van der Waals surface area contributed by atoms with Gasteiger partial charge in [-0.25, -0.2) is 9.97 Å². The van der Waals surface area contributed by atoms with Crippen LogP contribution in [0.15, 0.2) is 49.2 Å². The van der Waals surface area contributed by atoms with Crippen molar-refractivity contribution in [1.82, 2.24) is 19.1 Å². The predicted octanol–water partition coefficient (Wildman–Crippen LogP) is 3.72. The monoisotopic (exact) mass is 294 g/mol. The van der Waals surface area contributed by atoms with Gasteiger partial charge in [0.2, 0.25) is 0 Å². The number of hydrogen-bond donors (Lipinski definition) is 0. The molecular formula is C18H22N4. The fourth-order valence-electron chi connectivity index (χ4n) is 2.46. The lowest BCUT2D eigenvalue weighted by Crippen LogP contribution is -2.11. The number of aromatic nitrogens is 4. The van der Waals surface area contributed by atoms with Crippen LogP contribution in [0.3, 0.4) is 0 Å². The third-order valence-corrected chi connectivity index (χ3v) is 3.90. The van der Waals surface area contributed by atoms with Gasteiger partial charge < -0.3 is 9.13 Å². The van der Waals surface area contributed by atoms with Crippen LogP contribution in [0.5, 0.6) is 0 Å². The third kappa shape index (κ3) is 2.96. The van der Waals surface area contributed by atoms with Crippen molar-refractivity contribution in [2.75, 3.05) is 0 Å². The van der Waals surface area contributed by atoms with E-state index in [4.69, 9.17) is 0 Å². The number of aryl methyl sites for hydroxylation is 1. The second-order valence-electron chi connectivity index (χ2n) is 6.67. The maximum absolute atomic E-state index is 4.51. The summed E-state index contributed by atoms with van der Waals surface area (Å²) in [5.41, 5.74) is 3.65. The molecule has 0 saturated heterocycles. The molecule has 22 heavy (non-hydrogen) atoms. The highest BCUT2D eigenvalue weighted by Crippen LogP contribution is 2.24. The SMILES string of the molecule is Cc1nccn1Cc1cn(-c2cccc(C(C)(C)C)c2)cn1. The summed E-state index contributed by atoms with van der Waals surface area (Å²) in [5, 5.41) is 0. The van der Waals surface area contributed by atoms with E-state index in [1.165, 1.54) is 5.56 Å². The predicted molar refractivity (Wildman–Crippen MR) is 88.3 cm³/mol. The molecule has 1 aromatic carbocycles. The van der Waals surface area contributed by atoms with Crippen molar-refractivity contribution in [1.29, 1.82) is 0 Å². The van der Waals surface area contributed by atoms with Gasteiger partial charge in [0.25, 0.3) is 0 Å². The maximum atomic E-state index is 4.51. The van der Waals surface area contributed by atoms with Crippen LogP contribution in [-0.4, -0.2) is 19.1 Å². The molecule has 114 valence electrons. The molecule has 0 aliphatic rings. The summed E-state index contributed by atoms with van der Waals surface area (Å²) in [6.45, 7) is 9.44. The Morgan fingerprint density at radius 1 is 1.14 bits per heavy atom. The summed E-state index contributed by atoms with van der Waals surface area (Å²) in [6, 6.07) is 8.63. The zero-order valence-corrected chi connectivity index (χ0v) is 13.6. The average molecular weight is 294 g/mol. The van der Waals surface area contributed by atoms with Crippen LogP contribution in [0.4, 0.5) is 0 Å². The van der Waals surface area contributed by atoms with Crippen LogP contribution in [0.1, 0.15) is 37.9 Å². The van der Waals surface area contributed by atoms with Crippen molar-refractivity contribution in [2.45, 2.75) is 39.7 Å². The minimum Gasteiger partial charge on any atom is -0.329 e. The van der Waals surface area contributed by atoms with Gasteiger partial charge in [-0.05, 0) is 30.0 Å². The Hall–Kier alpha value is -2.36. The lowest BCUT2D eigenvalue weighted by molar-refractivity contribution is 0.590. The van der Waals surface area contributed by atoms with Crippen molar-refractivity contribution in [3.8, 4) is 5.69 Å². The largest absolute Gasteiger partial charge is 0.329 e. The van der Waals surface area contributed by atoms with Gasteiger partial charge in [-0.1, -0.05) is 32.9 Å². The normalized spacial score (nSPS) is 11.8. The molecule has 0 amide bonds. The Labute approximate surface area is 131 Å². The number of rotatable bonds is 3. The second kappa shape index (κ2) is 5.44. The number of benzene rings is 1. The Morgan fingerprint density at radius 2 is 1.95 bits per heavy atom. The van der Waals surface area contributed by atoms with E-state index < -0.39 is 0 Å². The molecule has 0 aliphatic heterocycles. The van der Waals surface area contributed by atoms with Crippen LogP contribution >= 0.6 is 0 Å². The zero-order chi connectivity index (χ0) is 15.7. The van der Waals surface area contributed by atoms with E-state index in [1.807, 2.05) is 25.6 Å². The van der Waals surface area contributed by atoms with E-state index in [1.54, 1.807) is 0 Å². The highest BCUT2D eigenvalue weighted by atomic mass is 15.1. The van der Waals surface area contributed by atoms with Gasteiger partial charge in [0.05, 0.1) is 18.6 Å². The minimum absolute atomic E-state index is 0.146. The van der Waals surface area contributed by atoms with Crippen molar-refractivity contribution < 1.29 is 0 Å². The van der Waals surface area contributed by atoms with Gasteiger partial charge in [0.15, 0.2) is 0 Å². The molecule has 0 N–H and O–H groups in total. The van der Waals surface area contributed by atoms with Crippen molar-refractivity contribution in [3.05, 3.63) is 66.3 Å². The van der Waals surface area contributed by atoms with E-state index in [0.29, 0.717) is 0 Å². The van der Waals surface area contributed by atoms with Gasteiger partial charge in [0, 0.05) is 24.3 Å². The van der Waals surface area contributed by atoms with Crippen LogP contribution in [0.25, 0.3) is 5.69 Å². The summed E-state index contributed by atoms with van der Waals surface area (Å²) >= 11 is 0. The van der Waals surface area contributed by atoms with E-state index >= 15 is 0 Å². The number of imidazole rings is 2. The first kappa shape index (κ1) is 14.6. The minimum atomic E-state index is 0.146. The topological polar surface area (TPSA) is 35.6 Å². The molecule has 0 spiro atoms. The Bertz CT molecular complexity index is 774. The fraction of sp³-hybridized carbons (Fsp3) is 0.333. The van der Waals surface area contributed by atoms with Gasteiger partial charge in [-0.2, -0.15) is 0 Å². The van der Waals surface area contributed by atoms with Crippen LogP contribution in [-0.2, 0) is 12.0 Å². The summed E-state index contributed by atoms with van der Waals surface area (Å²) in [5.74, 6) is 1.00. The Kier molecular flexibility index (Phi) is 3.61. The first-order valence-electron chi connectivity index (χ1n) is 7.55. The number of nitrogens with zero attached hydrogens (tertiary/aromatic N) is 4. The highest BCUT2D eigenvalue weighted by molar-refractivity contribution is 5.38.